The van der Waals surface area contributed by atoms with Gasteiger partial charge in [0.2, 0.25) is 0 Å². The highest BCUT2D eigenvalue weighted by Gasteiger charge is 2.51. The number of alkyl halides is 3. The number of Topliss-reactive ketones (excluding diaryl/α,β-unsaturated/α-hetero) is 1. The number of fused-ring (bicyclic) bond motifs is 1. The molecule has 0 bridgehead atoms. The van der Waals surface area contributed by atoms with Crippen molar-refractivity contribution in [2.75, 3.05) is 10.8 Å². The molecule has 13 heteroatoms. The smallest absolute Gasteiger partial charge is 0.421 e. The molecule has 4 rings (SSSR count). The van der Waals surface area contributed by atoms with Gasteiger partial charge in [0.05, 0.1) is 23.2 Å². The van der Waals surface area contributed by atoms with Gasteiger partial charge in [-0.15, -0.1) is 0 Å². The van der Waals surface area contributed by atoms with E-state index in [0.717, 1.165) is 40.7 Å². The van der Waals surface area contributed by atoms with Crippen LogP contribution in [0.15, 0.2) is 47.4 Å². The zero-order valence-corrected chi connectivity index (χ0v) is 21.1. The zero-order chi connectivity index (χ0) is 27.9. The fourth-order valence-corrected chi connectivity index (χ4v) is 6.33. The molecule has 1 fully saturated rings. The normalized spacial score (nSPS) is 21.3. The van der Waals surface area contributed by atoms with Gasteiger partial charge in [-0.25, -0.2) is 17.6 Å². The molecule has 2 unspecified atom stereocenters. The number of cyclic esters (lactones) is 1. The lowest BCUT2D eigenvalue weighted by atomic mass is 9.88. The van der Waals surface area contributed by atoms with E-state index in [4.69, 9.17) is 4.74 Å². The molecule has 206 valence electrons. The SMILES string of the molecule is CC(O)(c1ccc2c(c1)CC[C@@H](CC(=O)CCC1CNC(=O)O1)N2S(=O)(=O)c1ccc(F)cc1)C(F)(F)F. The molecule has 0 saturated carbocycles. The summed E-state index contributed by atoms with van der Waals surface area (Å²) >= 11 is 0. The predicted molar refractivity (Wildman–Crippen MR) is 127 cm³/mol. The Morgan fingerprint density at radius 1 is 1.18 bits per heavy atom. The number of amides is 1. The van der Waals surface area contributed by atoms with Crippen LogP contribution in [0.4, 0.5) is 28.0 Å². The topological polar surface area (TPSA) is 113 Å². The van der Waals surface area contributed by atoms with Crippen molar-refractivity contribution in [3.63, 3.8) is 0 Å². The van der Waals surface area contributed by atoms with Crippen LogP contribution in [0, 0.1) is 5.82 Å². The van der Waals surface area contributed by atoms with Gasteiger partial charge in [0.1, 0.15) is 17.7 Å². The van der Waals surface area contributed by atoms with Crippen LogP contribution in [-0.2, 0) is 31.6 Å². The number of alkyl carbamates (subject to hydrolysis) is 1. The first-order valence-electron chi connectivity index (χ1n) is 11.9. The van der Waals surface area contributed by atoms with E-state index in [1.165, 1.54) is 6.07 Å². The van der Waals surface area contributed by atoms with Gasteiger partial charge in [0.15, 0.2) is 5.60 Å². The number of hydrogen-bond donors (Lipinski definition) is 2. The predicted octanol–water partition coefficient (Wildman–Crippen LogP) is 3.95. The summed E-state index contributed by atoms with van der Waals surface area (Å²) in [5.74, 6) is -0.937. The molecule has 2 aromatic rings. The molecule has 0 aliphatic carbocycles. The molecule has 2 aliphatic rings. The van der Waals surface area contributed by atoms with E-state index in [1.807, 2.05) is 0 Å². The number of nitrogens with one attached hydrogen (secondary N) is 1. The Bertz CT molecular complexity index is 1330. The number of benzene rings is 2. The second kappa shape index (κ2) is 10.2. The number of carbonyl (C=O) groups excluding carboxylic acids is 2. The highest BCUT2D eigenvalue weighted by atomic mass is 32.2. The van der Waals surface area contributed by atoms with Gasteiger partial charge in [-0.2, -0.15) is 13.2 Å². The van der Waals surface area contributed by atoms with Crippen LogP contribution >= 0.6 is 0 Å². The Labute approximate surface area is 216 Å². The number of ketones is 1. The summed E-state index contributed by atoms with van der Waals surface area (Å²) in [6.07, 6.45) is -5.64. The maximum atomic E-state index is 13.7. The first-order chi connectivity index (χ1) is 17.7. The Hall–Kier alpha value is -3.19. The minimum absolute atomic E-state index is 0.0286. The van der Waals surface area contributed by atoms with E-state index >= 15 is 0 Å². The van der Waals surface area contributed by atoms with E-state index in [1.54, 1.807) is 0 Å². The molecular formula is C25H26F4N2O6S. The fraction of sp³-hybridized carbons (Fsp3) is 0.440. The maximum absolute atomic E-state index is 13.7. The van der Waals surface area contributed by atoms with Gasteiger partial charge in [-0.3, -0.25) is 9.10 Å². The van der Waals surface area contributed by atoms with Crippen LogP contribution < -0.4 is 9.62 Å². The van der Waals surface area contributed by atoms with Crippen molar-refractivity contribution >= 4 is 27.6 Å². The number of aliphatic hydroxyl groups is 1. The summed E-state index contributed by atoms with van der Waals surface area (Å²) in [4.78, 5) is 23.8. The number of sulfonamides is 1. The summed E-state index contributed by atoms with van der Waals surface area (Å²) in [7, 11) is -4.35. The lowest BCUT2D eigenvalue weighted by Gasteiger charge is -2.38. The van der Waals surface area contributed by atoms with E-state index < -0.39 is 51.4 Å². The van der Waals surface area contributed by atoms with Gasteiger partial charge in [-0.1, -0.05) is 12.1 Å². The second-order valence-electron chi connectivity index (χ2n) is 9.55. The Kier molecular flexibility index (Phi) is 7.45. The zero-order valence-electron chi connectivity index (χ0n) is 20.3. The van der Waals surface area contributed by atoms with Gasteiger partial charge >= 0.3 is 12.3 Å². The number of aryl methyl sites for hydroxylation is 1. The number of anilines is 1. The third-order valence-electron chi connectivity index (χ3n) is 6.84. The summed E-state index contributed by atoms with van der Waals surface area (Å²) in [6, 6.07) is 6.54. The third kappa shape index (κ3) is 5.48. The van der Waals surface area contributed by atoms with E-state index in [2.05, 4.69) is 5.32 Å². The van der Waals surface area contributed by atoms with Gasteiger partial charge < -0.3 is 15.2 Å². The largest absolute Gasteiger partial charge is 0.444 e. The minimum atomic E-state index is -4.96. The molecule has 1 saturated heterocycles. The average Bonchev–Trinajstić information content (AvgIpc) is 3.26. The van der Waals surface area contributed by atoms with E-state index in [0.29, 0.717) is 6.92 Å². The highest BCUT2D eigenvalue weighted by molar-refractivity contribution is 7.92. The molecule has 1 amide bonds. The average molecular weight is 559 g/mol. The molecule has 0 spiro atoms. The summed E-state index contributed by atoms with van der Waals surface area (Å²) in [5.41, 5.74) is -3.27. The van der Waals surface area contributed by atoms with Gasteiger partial charge in [-0.05, 0) is 67.6 Å². The summed E-state index contributed by atoms with van der Waals surface area (Å²) in [5, 5.41) is 12.6. The third-order valence-corrected chi connectivity index (χ3v) is 8.72. The van der Waals surface area contributed by atoms with Gasteiger partial charge in [0.25, 0.3) is 10.0 Å². The van der Waals surface area contributed by atoms with Crippen molar-refractivity contribution in [2.24, 2.45) is 0 Å². The molecule has 2 aliphatic heterocycles. The Morgan fingerprint density at radius 2 is 1.87 bits per heavy atom. The number of nitrogens with zero attached hydrogens (tertiary/aromatic N) is 1. The second-order valence-corrected chi connectivity index (χ2v) is 11.4. The highest BCUT2D eigenvalue weighted by Crippen LogP contribution is 2.43. The number of hydrogen-bond acceptors (Lipinski definition) is 6. The molecule has 2 aromatic carbocycles. The maximum Gasteiger partial charge on any atom is 0.421 e. The molecule has 3 atom stereocenters. The monoisotopic (exact) mass is 558 g/mol. The van der Waals surface area contributed by atoms with Crippen molar-refractivity contribution in [1.82, 2.24) is 5.32 Å². The molecule has 0 aromatic heterocycles. The Balaban J connectivity index is 1.66. The lowest BCUT2D eigenvalue weighted by molar-refractivity contribution is -0.258. The van der Waals surface area contributed by atoms with Crippen molar-refractivity contribution in [3.8, 4) is 0 Å². The molecular weight excluding hydrogens is 532 g/mol. The minimum Gasteiger partial charge on any atom is -0.444 e. The number of halogens is 4. The fourth-order valence-electron chi connectivity index (χ4n) is 4.61. The van der Waals surface area contributed by atoms with Crippen LogP contribution in [0.25, 0.3) is 0 Å². The molecule has 2 heterocycles. The number of rotatable bonds is 8. The van der Waals surface area contributed by atoms with Crippen molar-refractivity contribution in [2.45, 2.75) is 67.8 Å². The number of ether oxygens (including phenoxy) is 1. The molecule has 8 nitrogen and oxygen atoms in total. The standard InChI is InChI=1S/C25H26F4N2O6S/c1-24(34,25(27,28)29)16-3-11-22-15(12-16)2-6-18(13-19(32)7-8-20-14-30-23(33)37-20)31(22)38(35,36)21-9-4-17(26)5-10-21/h3-5,9-12,18,20,34H,2,6-8,13-14H2,1H3,(H,30,33)/t18-,20?,24?/m0/s1. The van der Waals surface area contributed by atoms with Gasteiger partial charge in [0, 0.05) is 12.8 Å². The van der Waals surface area contributed by atoms with Crippen molar-refractivity contribution in [1.29, 1.82) is 0 Å². The Morgan fingerprint density at radius 3 is 2.47 bits per heavy atom. The molecule has 0 radical (unpaired) electrons. The number of carbonyl (C=O) groups is 2. The summed E-state index contributed by atoms with van der Waals surface area (Å²) in [6.45, 7) is 0.876. The van der Waals surface area contributed by atoms with Crippen LogP contribution in [0.1, 0.15) is 43.7 Å². The van der Waals surface area contributed by atoms with E-state index in [9.17, 15) is 40.7 Å². The van der Waals surface area contributed by atoms with Crippen LogP contribution in [0.5, 0.6) is 0 Å². The van der Waals surface area contributed by atoms with Crippen LogP contribution in [-0.4, -0.2) is 50.3 Å². The van der Waals surface area contributed by atoms with Crippen LogP contribution in [0.2, 0.25) is 0 Å². The molecule has 38 heavy (non-hydrogen) atoms. The van der Waals surface area contributed by atoms with Crippen LogP contribution in [0.3, 0.4) is 0 Å². The quantitative estimate of drug-likeness (QED) is 0.475. The summed E-state index contributed by atoms with van der Waals surface area (Å²) < 4.78 is 87.2. The van der Waals surface area contributed by atoms with Crippen molar-refractivity contribution < 1.29 is 45.4 Å². The first kappa shape index (κ1) is 27.8. The lowest BCUT2D eigenvalue weighted by Crippen LogP contribution is -2.45. The molecule has 2 N–H and O–H groups in total. The van der Waals surface area contributed by atoms with Crippen molar-refractivity contribution in [3.05, 3.63) is 59.4 Å². The van der Waals surface area contributed by atoms with E-state index in [-0.39, 0.29) is 60.6 Å². The first-order valence-corrected chi connectivity index (χ1v) is 13.3.